The molecule has 0 aromatic heterocycles. The summed E-state index contributed by atoms with van der Waals surface area (Å²) in [4.78, 5) is 0. The van der Waals surface area contributed by atoms with Gasteiger partial charge in [-0.15, -0.1) is 0 Å². The van der Waals surface area contributed by atoms with Crippen molar-refractivity contribution in [2.75, 3.05) is 12.8 Å². The van der Waals surface area contributed by atoms with Crippen LogP contribution in [0.2, 0.25) is 0 Å². The lowest BCUT2D eigenvalue weighted by molar-refractivity contribution is 0.564. The van der Waals surface area contributed by atoms with Crippen molar-refractivity contribution in [2.45, 2.75) is 38.5 Å². The minimum absolute atomic E-state index is 0.666. The summed E-state index contributed by atoms with van der Waals surface area (Å²) in [6, 6.07) is 9.46. The fourth-order valence-electron chi connectivity index (χ4n) is 1.78. The van der Waals surface area contributed by atoms with Crippen LogP contribution in [-0.4, -0.2) is 18.8 Å². The summed E-state index contributed by atoms with van der Waals surface area (Å²) < 4.78 is 0. The average Bonchev–Trinajstić information content (AvgIpc) is 2.28. The zero-order valence-corrected chi connectivity index (χ0v) is 11.4. The predicted octanol–water partition coefficient (Wildman–Crippen LogP) is 3.62. The predicted molar refractivity (Wildman–Crippen MR) is 75.1 cm³/mol. The monoisotopic (exact) mass is 237 g/mol. The summed E-state index contributed by atoms with van der Waals surface area (Å²) in [5, 5.41) is 3.38. The van der Waals surface area contributed by atoms with E-state index in [2.05, 4.69) is 50.5 Å². The molecule has 0 saturated carbocycles. The van der Waals surface area contributed by atoms with Gasteiger partial charge in [0, 0.05) is 17.5 Å². The van der Waals surface area contributed by atoms with E-state index in [0.29, 0.717) is 6.04 Å². The summed E-state index contributed by atoms with van der Waals surface area (Å²) in [5.74, 6) is 2.34. The van der Waals surface area contributed by atoms with Crippen molar-refractivity contribution in [3.8, 4) is 0 Å². The molecule has 0 amide bonds. The molecule has 0 aliphatic carbocycles. The minimum atomic E-state index is 0.666. The van der Waals surface area contributed by atoms with Gasteiger partial charge in [0.05, 0.1) is 0 Å². The number of rotatable bonds is 7. The highest BCUT2D eigenvalue weighted by molar-refractivity contribution is 7.98. The molecule has 1 aromatic carbocycles. The van der Waals surface area contributed by atoms with E-state index in [4.69, 9.17) is 0 Å². The van der Waals surface area contributed by atoms with Gasteiger partial charge in [-0.05, 0) is 26.0 Å². The van der Waals surface area contributed by atoms with E-state index in [1.165, 1.54) is 29.7 Å². The van der Waals surface area contributed by atoms with Gasteiger partial charge >= 0.3 is 0 Å². The molecule has 90 valence electrons. The molecule has 2 heteroatoms. The Morgan fingerprint density at radius 1 is 1.38 bits per heavy atom. The van der Waals surface area contributed by atoms with Crippen LogP contribution < -0.4 is 5.32 Å². The first-order valence-corrected chi connectivity index (χ1v) is 7.22. The van der Waals surface area contributed by atoms with Crippen LogP contribution in [0.15, 0.2) is 24.3 Å². The van der Waals surface area contributed by atoms with Gasteiger partial charge in [0.25, 0.3) is 0 Å². The van der Waals surface area contributed by atoms with Crippen LogP contribution in [-0.2, 0) is 5.75 Å². The molecule has 0 aliphatic rings. The van der Waals surface area contributed by atoms with Crippen molar-refractivity contribution >= 4 is 11.8 Å². The van der Waals surface area contributed by atoms with E-state index in [1.54, 1.807) is 0 Å². The topological polar surface area (TPSA) is 12.0 Å². The lowest BCUT2D eigenvalue weighted by atomic mass is 10.2. The van der Waals surface area contributed by atoms with Gasteiger partial charge in [0.15, 0.2) is 0 Å². The molecule has 1 aromatic rings. The van der Waals surface area contributed by atoms with Crippen molar-refractivity contribution in [1.29, 1.82) is 0 Å². The highest BCUT2D eigenvalue weighted by atomic mass is 32.2. The molecule has 1 rings (SSSR count). The zero-order chi connectivity index (χ0) is 11.8. The number of benzene rings is 1. The zero-order valence-electron chi connectivity index (χ0n) is 10.6. The Labute approximate surface area is 104 Å². The molecule has 1 unspecified atom stereocenters. The normalized spacial score (nSPS) is 12.7. The first-order chi connectivity index (χ1) is 7.76. The van der Waals surface area contributed by atoms with Crippen LogP contribution in [0.1, 0.15) is 30.9 Å². The van der Waals surface area contributed by atoms with Crippen LogP contribution in [0, 0.1) is 6.92 Å². The maximum absolute atomic E-state index is 3.38. The van der Waals surface area contributed by atoms with Gasteiger partial charge in [0.2, 0.25) is 0 Å². The van der Waals surface area contributed by atoms with Gasteiger partial charge < -0.3 is 5.32 Å². The molecule has 0 fully saturated rings. The third kappa shape index (κ3) is 5.04. The Morgan fingerprint density at radius 3 is 2.81 bits per heavy atom. The second kappa shape index (κ2) is 7.75. The van der Waals surface area contributed by atoms with Crippen LogP contribution in [0.25, 0.3) is 0 Å². The summed E-state index contributed by atoms with van der Waals surface area (Å²) in [5.41, 5.74) is 2.80. The third-order valence-corrected chi connectivity index (χ3v) is 3.89. The fraction of sp³-hybridized carbons (Fsp3) is 0.571. The Morgan fingerprint density at radius 2 is 2.19 bits per heavy atom. The van der Waals surface area contributed by atoms with Crippen molar-refractivity contribution in [3.05, 3.63) is 35.4 Å². The highest BCUT2D eigenvalue weighted by Gasteiger charge is 2.04. The summed E-state index contributed by atoms with van der Waals surface area (Å²) in [7, 11) is 2.06. The summed E-state index contributed by atoms with van der Waals surface area (Å²) >= 11 is 2.03. The van der Waals surface area contributed by atoms with E-state index in [0.717, 1.165) is 5.75 Å². The van der Waals surface area contributed by atoms with Gasteiger partial charge in [0.1, 0.15) is 0 Å². The molecule has 1 nitrogen and oxygen atoms in total. The number of nitrogens with one attached hydrogen (secondary N) is 1. The molecule has 0 saturated heterocycles. The SMILES string of the molecule is CCCC(CSCc1cccc(C)c1)NC. The van der Waals surface area contributed by atoms with E-state index >= 15 is 0 Å². The molecular weight excluding hydrogens is 214 g/mol. The number of hydrogen-bond donors (Lipinski definition) is 1. The quantitative estimate of drug-likeness (QED) is 0.777. The Hall–Kier alpha value is -0.470. The maximum Gasteiger partial charge on any atom is 0.0185 e. The number of thioether (sulfide) groups is 1. The van der Waals surface area contributed by atoms with Gasteiger partial charge in [-0.25, -0.2) is 0 Å². The summed E-state index contributed by atoms with van der Waals surface area (Å²) in [6.45, 7) is 4.40. The van der Waals surface area contributed by atoms with E-state index in [-0.39, 0.29) is 0 Å². The summed E-state index contributed by atoms with van der Waals surface area (Å²) in [6.07, 6.45) is 2.54. The van der Waals surface area contributed by atoms with Crippen molar-refractivity contribution in [2.24, 2.45) is 0 Å². The molecular formula is C14H23NS. The molecule has 0 spiro atoms. The van der Waals surface area contributed by atoms with Crippen LogP contribution in [0.3, 0.4) is 0 Å². The van der Waals surface area contributed by atoms with Crippen molar-refractivity contribution in [3.63, 3.8) is 0 Å². The standard InChI is InChI=1S/C14H23NS/c1-4-6-14(15-3)11-16-10-13-8-5-7-12(2)9-13/h5,7-9,14-15H,4,6,10-11H2,1-3H3. The van der Waals surface area contributed by atoms with Crippen LogP contribution in [0.4, 0.5) is 0 Å². The first-order valence-electron chi connectivity index (χ1n) is 6.06. The molecule has 1 atom stereocenters. The second-order valence-electron chi connectivity index (χ2n) is 4.28. The molecule has 0 aliphatic heterocycles. The lowest BCUT2D eigenvalue weighted by Crippen LogP contribution is -2.27. The third-order valence-electron chi connectivity index (χ3n) is 2.72. The molecule has 1 N–H and O–H groups in total. The second-order valence-corrected chi connectivity index (χ2v) is 5.31. The van der Waals surface area contributed by atoms with E-state index in [9.17, 15) is 0 Å². The number of hydrogen-bond acceptors (Lipinski definition) is 2. The van der Waals surface area contributed by atoms with Crippen LogP contribution >= 0.6 is 11.8 Å². The maximum atomic E-state index is 3.38. The average molecular weight is 237 g/mol. The molecule has 16 heavy (non-hydrogen) atoms. The fourth-order valence-corrected chi connectivity index (χ4v) is 2.93. The van der Waals surface area contributed by atoms with Gasteiger partial charge in [-0.3, -0.25) is 0 Å². The van der Waals surface area contributed by atoms with E-state index in [1.807, 2.05) is 11.8 Å². The number of aryl methyl sites for hydroxylation is 1. The molecule has 0 heterocycles. The van der Waals surface area contributed by atoms with Crippen molar-refractivity contribution in [1.82, 2.24) is 5.32 Å². The Balaban J connectivity index is 2.29. The largest absolute Gasteiger partial charge is 0.316 e. The lowest BCUT2D eigenvalue weighted by Gasteiger charge is -2.14. The molecule has 0 radical (unpaired) electrons. The minimum Gasteiger partial charge on any atom is -0.316 e. The van der Waals surface area contributed by atoms with Gasteiger partial charge in [-0.1, -0.05) is 43.2 Å². The van der Waals surface area contributed by atoms with E-state index < -0.39 is 0 Å². The van der Waals surface area contributed by atoms with Crippen LogP contribution in [0.5, 0.6) is 0 Å². The smallest absolute Gasteiger partial charge is 0.0185 e. The highest BCUT2D eigenvalue weighted by Crippen LogP contribution is 2.15. The van der Waals surface area contributed by atoms with Gasteiger partial charge in [-0.2, -0.15) is 11.8 Å². The molecule has 0 bridgehead atoms. The first kappa shape index (κ1) is 13.6. The Kier molecular flexibility index (Phi) is 6.58. The van der Waals surface area contributed by atoms with Crippen molar-refractivity contribution < 1.29 is 0 Å². The Bertz CT molecular complexity index is 299.